The Hall–Kier alpha value is -1.79. The van der Waals surface area contributed by atoms with Crippen molar-refractivity contribution in [1.29, 1.82) is 0 Å². The lowest BCUT2D eigenvalue weighted by Gasteiger charge is -2.48. The van der Waals surface area contributed by atoms with Crippen LogP contribution in [-0.4, -0.2) is 39.0 Å². The Balaban J connectivity index is 1.84. The van der Waals surface area contributed by atoms with E-state index < -0.39 is 11.4 Å². The van der Waals surface area contributed by atoms with Crippen LogP contribution in [0.1, 0.15) is 52.3 Å². The SMILES string of the molecule is CC(C)C[C@@]1(C(=O)O)C[C@@H](C(C)(C)C)CN(Cc2ccc(-c3ncccn3)s2)C1. The zero-order chi connectivity index (χ0) is 21.2. The van der Waals surface area contributed by atoms with E-state index in [1.165, 1.54) is 4.88 Å². The van der Waals surface area contributed by atoms with Gasteiger partial charge >= 0.3 is 5.97 Å². The van der Waals surface area contributed by atoms with Crippen molar-refractivity contribution < 1.29 is 9.90 Å². The summed E-state index contributed by atoms with van der Waals surface area (Å²) < 4.78 is 0. The second-order valence-electron chi connectivity index (χ2n) is 9.96. The van der Waals surface area contributed by atoms with E-state index in [2.05, 4.69) is 61.6 Å². The molecule has 2 atom stereocenters. The highest BCUT2D eigenvalue weighted by molar-refractivity contribution is 7.15. The molecule has 6 heteroatoms. The lowest BCUT2D eigenvalue weighted by molar-refractivity contribution is -0.157. The average Bonchev–Trinajstić information content (AvgIpc) is 3.09. The van der Waals surface area contributed by atoms with Gasteiger partial charge in [-0.05, 0) is 48.3 Å². The molecule has 5 nitrogen and oxygen atoms in total. The van der Waals surface area contributed by atoms with Crippen LogP contribution in [0.5, 0.6) is 0 Å². The molecule has 1 aliphatic rings. The third kappa shape index (κ3) is 5.23. The molecule has 1 aliphatic heterocycles. The van der Waals surface area contributed by atoms with Gasteiger partial charge in [-0.1, -0.05) is 34.6 Å². The lowest BCUT2D eigenvalue weighted by Crippen LogP contribution is -2.53. The number of thiophene rings is 1. The number of hydrogen-bond donors (Lipinski definition) is 1. The summed E-state index contributed by atoms with van der Waals surface area (Å²) in [4.78, 5) is 25.8. The summed E-state index contributed by atoms with van der Waals surface area (Å²) in [6.45, 7) is 13.3. The largest absolute Gasteiger partial charge is 0.481 e. The number of likely N-dealkylation sites (tertiary alicyclic amines) is 1. The highest BCUT2D eigenvalue weighted by Crippen LogP contribution is 2.45. The zero-order valence-electron chi connectivity index (χ0n) is 18.2. The van der Waals surface area contributed by atoms with E-state index in [0.29, 0.717) is 18.4 Å². The van der Waals surface area contributed by atoms with Crippen LogP contribution in [0, 0.1) is 22.7 Å². The van der Waals surface area contributed by atoms with Crippen LogP contribution in [0.15, 0.2) is 30.6 Å². The van der Waals surface area contributed by atoms with Gasteiger partial charge < -0.3 is 5.11 Å². The Morgan fingerprint density at radius 1 is 1.31 bits per heavy atom. The van der Waals surface area contributed by atoms with Crippen LogP contribution in [-0.2, 0) is 11.3 Å². The maximum Gasteiger partial charge on any atom is 0.310 e. The summed E-state index contributed by atoms with van der Waals surface area (Å²) in [5.41, 5.74) is -0.595. The molecule has 2 aromatic rings. The van der Waals surface area contributed by atoms with Crippen molar-refractivity contribution in [2.45, 2.75) is 54.0 Å². The predicted molar refractivity (Wildman–Crippen MR) is 118 cm³/mol. The van der Waals surface area contributed by atoms with E-state index in [1.807, 2.05) is 6.07 Å². The van der Waals surface area contributed by atoms with Crippen molar-refractivity contribution in [3.05, 3.63) is 35.5 Å². The molecule has 2 aromatic heterocycles. The number of carbonyl (C=O) groups is 1. The van der Waals surface area contributed by atoms with Crippen molar-refractivity contribution in [2.75, 3.05) is 13.1 Å². The number of nitrogens with zero attached hydrogens (tertiary/aromatic N) is 3. The van der Waals surface area contributed by atoms with Crippen LogP contribution < -0.4 is 0 Å². The van der Waals surface area contributed by atoms with E-state index in [0.717, 1.165) is 36.6 Å². The quantitative estimate of drug-likeness (QED) is 0.703. The summed E-state index contributed by atoms with van der Waals surface area (Å²) in [6.07, 6.45) is 4.99. The first-order chi connectivity index (χ1) is 13.6. The fourth-order valence-corrected chi connectivity index (χ4v) is 5.51. The molecule has 0 saturated carbocycles. The van der Waals surface area contributed by atoms with Crippen LogP contribution in [0.4, 0.5) is 0 Å². The van der Waals surface area contributed by atoms with Gasteiger partial charge in [0.15, 0.2) is 5.82 Å². The molecule has 29 heavy (non-hydrogen) atoms. The molecule has 0 spiro atoms. The van der Waals surface area contributed by atoms with Crippen LogP contribution in [0.25, 0.3) is 10.7 Å². The molecule has 0 amide bonds. The van der Waals surface area contributed by atoms with Gasteiger partial charge in [0.25, 0.3) is 0 Å². The Bertz CT molecular complexity index is 828. The minimum Gasteiger partial charge on any atom is -0.481 e. The number of rotatable bonds is 6. The molecule has 0 aromatic carbocycles. The number of piperidine rings is 1. The van der Waals surface area contributed by atoms with Gasteiger partial charge in [-0.3, -0.25) is 9.69 Å². The molecule has 0 aliphatic carbocycles. The highest BCUT2D eigenvalue weighted by Gasteiger charge is 2.48. The number of hydrogen-bond acceptors (Lipinski definition) is 5. The molecule has 0 radical (unpaired) electrons. The standard InChI is InChI=1S/C23H33N3O2S/c1-16(2)11-23(21(27)28)12-17(22(3,4)5)13-26(15-23)14-18-7-8-19(29-18)20-24-9-6-10-25-20/h6-10,16-17H,11-15H2,1-5H3,(H,27,28)/t17-,23-/m1/s1. The first kappa shape index (κ1) is 21.9. The van der Waals surface area contributed by atoms with Gasteiger partial charge in [-0.25, -0.2) is 9.97 Å². The third-order valence-corrected chi connectivity index (χ3v) is 7.01. The summed E-state index contributed by atoms with van der Waals surface area (Å²) in [5.74, 6) is 0.808. The molecule has 0 unspecified atom stereocenters. The first-order valence-electron chi connectivity index (χ1n) is 10.4. The van der Waals surface area contributed by atoms with Gasteiger partial charge in [0, 0.05) is 36.9 Å². The van der Waals surface area contributed by atoms with Crippen molar-refractivity contribution >= 4 is 17.3 Å². The molecule has 1 saturated heterocycles. The fraction of sp³-hybridized carbons (Fsp3) is 0.609. The van der Waals surface area contributed by atoms with E-state index >= 15 is 0 Å². The van der Waals surface area contributed by atoms with E-state index in [-0.39, 0.29) is 5.41 Å². The highest BCUT2D eigenvalue weighted by atomic mass is 32.1. The second-order valence-corrected chi connectivity index (χ2v) is 11.1. The monoisotopic (exact) mass is 415 g/mol. The minimum absolute atomic E-state index is 0.0782. The number of aliphatic carboxylic acids is 1. The average molecular weight is 416 g/mol. The number of carboxylic acid groups (broad SMARTS) is 1. The summed E-state index contributed by atoms with van der Waals surface area (Å²) in [7, 11) is 0. The van der Waals surface area contributed by atoms with Gasteiger partial charge in [-0.15, -0.1) is 11.3 Å². The van der Waals surface area contributed by atoms with Gasteiger partial charge in [0.05, 0.1) is 10.3 Å². The van der Waals surface area contributed by atoms with Crippen LogP contribution in [0.2, 0.25) is 0 Å². The fourth-order valence-electron chi connectivity index (χ4n) is 4.51. The zero-order valence-corrected chi connectivity index (χ0v) is 19.0. The molecule has 158 valence electrons. The summed E-state index contributed by atoms with van der Waals surface area (Å²) in [5, 5.41) is 10.2. The normalized spacial score (nSPS) is 23.4. The topological polar surface area (TPSA) is 66.3 Å². The molecule has 1 N–H and O–H groups in total. The third-order valence-electron chi connectivity index (χ3n) is 5.95. The number of carboxylic acids is 1. The molecule has 1 fully saturated rings. The predicted octanol–water partition coefficient (Wildman–Crippen LogP) is 5.19. The molecule has 3 heterocycles. The van der Waals surface area contributed by atoms with Crippen LogP contribution in [0.3, 0.4) is 0 Å². The van der Waals surface area contributed by atoms with Gasteiger partial charge in [0.1, 0.15) is 0 Å². The van der Waals surface area contributed by atoms with E-state index in [4.69, 9.17) is 0 Å². The summed E-state index contributed by atoms with van der Waals surface area (Å²) in [6, 6.07) is 6.01. The Morgan fingerprint density at radius 3 is 2.59 bits per heavy atom. The van der Waals surface area contributed by atoms with Crippen molar-refractivity contribution in [2.24, 2.45) is 22.7 Å². The van der Waals surface area contributed by atoms with Gasteiger partial charge in [-0.2, -0.15) is 0 Å². The van der Waals surface area contributed by atoms with Crippen molar-refractivity contribution in [3.63, 3.8) is 0 Å². The second kappa shape index (κ2) is 8.52. The first-order valence-corrected chi connectivity index (χ1v) is 11.2. The van der Waals surface area contributed by atoms with E-state index in [1.54, 1.807) is 23.7 Å². The van der Waals surface area contributed by atoms with Crippen molar-refractivity contribution in [3.8, 4) is 10.7 Å². The Kier molecular flexibility index (Phi) is 6.44. The van der Waals surface area contributed by atoms with Gasteiger partial charge in [0.2, 0.25) is 0 Å². The molecule has 0 bridgehead atoms. The minimum atomic E-state index is -0.674. The maximum absolute atomic E-state index is 12.4. The summed E-state index contributed by atoms with van der Waals surface area (Å²) >= 11 is 1.70. The molecular weight excluding hydrogens is 382 g/mol. The number of aromatic nitrogens is 2. The molecule has 3 rings (SSSR count). The Labute approximate surface area is 178 Å². The van der Waals surface area contributed by atoms with Crippen molar-refractivity contribution in [1.82, 2.24) is 14.9 Å². The van der Waals surface area contributed by atoms with E-state index in [9.17, 15) is 9.90 Å². The molecular formula is C23H33N3O2S. The maximum atomic E-state index is 12.4. The Morgan fingerprint density at radius 2 is 2.00 bits per heavy atom. The lowest BCUT2D eigenvalue weighted by atomic mass is 9.64. The smallest absolute Gasteiger partial charge is 0.310 e. The van der Waals surface area contributed by atoms with Crippen LogP contribution >= 0.6 is 11.3 Å².